The fourth-order valence-electron chi connectivity index (χ4n) is 1.68. The summed E-state index contributed by atoms with van der Waals surface area (Å²) >= 11 is 1.55. The molecule has 4 nitrogen and oxygen atoms in total. The van der Waals surface area contributed by atoms with E-state index in [1.165, 1.54) is 7.11 Å². The minimum atomic E-state index is -0.452. The maximum Gasteiger partial charge on any atom is 0.327 e. The van der Waals surface area contributed by atoms with Crippen LogP contribution in [0.2, 0.25) is 0 Å². The molecule has 0 saturated carbocycles. The lowest BCUT2D eigenvalue weighted by Crippen LogP contribution is -2.28. The summed E-state index contributed by atoms with van der Waals surface area (Å²) in [6.45, 7) is 2.38. The number of aryl methyl sites for hydroxylation is 1. The summed E-state index contributed by atoms with van der Waals surface area (Å²) in [6.07, 6.45) is 0. The van der Waals surface area contributed by atoms with Gasteiger partial charge in [0, 0.05) is 0 Å². The summed E-state index contributed by atoms with van der Waals surface area (Å²) in [4.78, 5) is 11.7. The topological polar surface area (TPSA) is 51.5 Å². The number of hydrogen-bond donors (Lipinski definition) is 1. The molecule has 1 unspecified atom stereocenters. The minimum absolute atomic E-state index is 0.295. The van der Waals surface area contributed by atoms with Crippen LogP contribution in [0.3, 0.4) is 0 Å². The van der Waals surface area contributed by atoms with Gasteiger partial charge in [0.15, 0.2) is 0 Å². The highest BCUT2D eigenvalue weighted by Gasteiger charge is 2.21. The van der Waals surface area contributed by atoms with E-state index < -0.39 is 6.04 Å². The second-order valence-corrected chi connectivity index (χ2v) is 4.69. The standard InChI is InChI=1S/C13H15NO3S/c1-9-3-4-11(17-9)7-14-12(13(15)16-2)10-5-6-18-8-10/h3-6,8,12,14H,7H2,1-2H3. The molecule has 96 valence electrons. The molecule has 0 aliphatic rings. The maximum absolute atomic E-state index is 11.7. The highest BCUT2D eigenvalue weighted by Crippen LogP contribution is 2.18. The Morgan fingerprint density at radius 3 is 2.89 bits per heavy atom. The van der Waals surface area contributed by atoms with Crippen molar-refractivity contribution < 1.29 is 13.9 Å². The van der Waals surface area contributed by atoms with Crippen LogP contribution in [0, 0.1) is 6.92 Å². The van der Waals surface area contributed by atoms with Gasteiger partial charge >= 0.3 is 5.97 Å². The molecular weight excluding hydrogens is 250 g/mol. The monoisotopic (exact) mass is 265 g/mol. The second kappa shape index (κ2) is 5.84. The molecule has 1 atom stereocenters. The van der Waals surface area contributed by atoms with Gasteiger partial charge in [-0.2, -0.15) is 11.3 Å². The minimum Gasteiger partial charge on any atom is -0.468 e. The average molecular weight is 265 g/mol. The first-order chi connectivity index (χ1) is 8.70. The van der Waals surface area contributed by atoms with Crippen molar-refractivity contribution in [2.75, 3.05) is 7.11 Å². The predicted octanol–water partition coefficient (Wildman–Crippen LogP) is 2.65. The Hall–Kier alpha value is -1.59. The van der Waals surface area contributed by atoms with E-state index in [1.807, 2.05) is 35.9 Å². The summed E-state index contributed by atoms with van der Waals surface area (Å²) in [5, 5.41) is 7.01. The predicted molar refractivity (Wildman–Crippen MR) is 69.4 cm³/mol. The largest absolute Gasteiger partial charge is 0.468 e. The molecule has 0 aliphatic heterocycles. The van der Waals surface area contributed by atoms with Crippen molar-refractivity contribution in [1.82, 2.24) is 5.32 Å². The maximum atomic E-state index is 11.7. The van der Waals surface area contributed by atoms with Gasteiger partial charge in [-0.1, -0.05) is 0 Å². The number of rotatable bonds is 5. The fraction of sp³-hybridized carbons (Fsp3) is 0.308. The number of carbonyl (C=O) groups is 1. The van der Waals surface area contributed by atoms with Crippen LogP contribution in [-0.4, -0.2) is 13.1 Å². The molecule has 0 amide bonds. The van der Waals surface area contributed by atoms with Gasteiger partial charge in [0.25, 0.3) is 0 Å². The zero-order chi connectivity index (χ0) is 13.0. The van der Waals surface area contributed by atoms with Crippen molar-refractivity contribution in [2.45, 2.75) is 19.5 Å². The lowest BCUT2D eigenvalue weighted by molar-refractivity contribution is -0.143. The molecule has 2 heterocycles. The number of nitrogens with one attached hydrogen (secondary N) is 1. The first kappa shape index (κ1) is 12.9. The molecule has 2 aromatic rings. The van der Waals surface area contributed by atoms with Crippen LogP contribution >= 0.6 is 11.3 Å². The summed E-state index contributed by atoms with van der Waals surface area (Å²) in [5.41, 5.74) is 0.912. The third-order valence-electron chi connectivity index (χ3n) is 2.59. The van der Waals surface area contributed by atoms with E-state index >= 15 is 0 Å². The number of methoxy groups -OCH3 is 1. The molecule has 0 saturated heterocycles. The van der Waals surface area contributed by atoms with Gasteiger partial charge in [-0.25, -0.2) is 4.79 Å². The van der Waals surface area contributed by atoms with Crippen LogP contribution in [0.4, 0.5) is 0 Å². The molecule has 0 fully saturated rings. The number of esters is 1. The second-order valence-electron chi connectivity index (χ2n) is 3.91. The lowest BCUT2D eigenvalue weighted by Gasteiger charge is -2.14. The normalized spacial score (nSPS) is 12.3. The van der Waals surface area contributed by atoms with Crippen molar-refractivity contribution >= 4 is 17.3 Å². The number of hydrogen-bond acceptors (Lipinski definition) is 5. The van der Waals surface area contributed by atoms with E-state index in [0.29, 0.717) is 6.54 Å². The molecule has 1 N–H and O–H groups in total. The lowest BCUT2D eigenvalue weighted by atomic mass is 10.1. The Labute approximate surface area is 110 Å². The number of thiophene rings is 1. The van der Waals surface area contributed by atoms with E-state index in [2.05, 4.69) is 5.32 Å². The van der Waals surface area contributed by atoms with Crippen LogP contribution in [0.5, 0.6) is 0 Å². The first-order valence-corrected chi connectivity index (χ1v) is 6.53. The van der Waals surface area contributed by atoms with Gasteiger partial charge in [0.05, 0.1) is 13.7 Å². The van der Waals surface area contributed by atoms with Crippen molar-refractivity contribution in [2.24, 2.45) is 0 Å². The van der Waals surface area contributed by atoms with Gasteiger partial charge in [-0.3, -0.25) is 5.32 Å². The molecule has 0 spiro atoms. The SMILES string of the molecule is COC(=O)C(NCc1ccc(C)o1)c1ccsc1. The van der Waals surface area contributed by atoms with Crippen molar-refractivity contribution in [1.29, 1.82) is 0 Å². The summed E-state index contributed by atoms with van der Waals surface area (Å²) < 4.78 is 10.3. The molecule has 0 radical (unpaired) electrons. The van der Waals surface area contributed by atoms with Gasteiger partial charge in [0.2, 0.25) is 0 Å². The zero-order valence-electron chi connectivity index (χ0n) is 10.3. The summed E-state index contributed by atoms with van der Waals surface area (Å²) in [7, 11) is 1.39. The molecule has 0 aliphatic carbocycles. The first-order valence-electron chi connectivity index (χ1n) is 5.59. The van der Waals surface area contributed by atoms with Crippen molar-refractivity contribution in [3.05, 3.63) is 46.0 Å². The number of furan rings is 1. The Morgan fingerprint density at radius 1 is 1.50 bits per heavy atom. The molecule has 0 aromatic carbocycles. The molecular formula is C13H15NO3S. The number of carbonyl (C=O) groups excluding carboxylic acids is 1. The third kappa shape index (κ3) is 3.00. The van der Waals surface area contributed by atoms with Crippen LogP contribution < -0.4 is 5.32 Å². The highest BCUT2D eigenvalue weighted by atomic mass is 32.1. The Morgan fingerprint density at radius 2 is 2.33 bits per heavy atom. The van der Waals surface area contributed by atoms with Crippen LogP contribution in [0.15, 0.2) is 33.4 Å². The van der Waals surface area contributed by atoms with Crippen LogP contribution in [0.1, 0.15) is 23.1 Å². The van der Waals surface area contributed by atoms with Crippen molar-refractivity contribution in [3.63, 3.8) is 0 Å². The van der Waals surface area contributed by atoms with Gasteiger partial charge in [-0.15, -0.1) is 0 Å². The van der Waals surface area contributed by atoms with Gasteiger partial charge in [-0.05, 0) is 41.4 Å². The summed E-state index contributed by atoms with van der Waals surface area (Å²) in [6, 6.07) is 5.25. The van der Waals surface area contributed by atoms with Crippen LogP contribution in [-0.2, 0) is 16.1 Å². The molecule has 2 rings (SSSR count). The van der Waals surface area contributed by atoms with E-state index in [9.17, 15) is 4.79 Å². The molecule has 5 heteroatoms. The number of ether oxygens (including phenoxy) is 1. The molecule has 2 aromatic heterocycles. The third-order valence-corrected chi connectivity index (χ3v) is 3.29. The Balaban J connectivity index is 2.04. The van der Waals surface area contributed by atoms with E-state index in [1.54, 1.807) is 11.3 Å². The van der Waals surface area contributed by atoms with Crippen molar-refractivity contribution in [3.8, 4) is 0 Å². The summed E-state index contributed by atoms with van der Waals surface area (Å²) in [5.74, 6) is 1.37. The van der Waals surface area contributed by atoms with Gasteiger partial charge < -0.3 is 9.15 Å². The fourth-order valence-corrected chi connectivity index (χ4v) is 2.36. The Kier molecular flexibility index (Phi) is 4.17. The Bertz CT molecular complexity index is 504. The quantitative estimate of drug-likeness (QED) is 0.844. The van der Waals surface area contributed by atoms with Crippen LogP contribution in [0.25, 0.3) is 0 Å². The molecule has 0 bridgehead atoms. The van der Waals surface area contributed by atoms with Gasteiger partial charge in [0.1, 0.15) is 17.6 Å². The smallest absolute Gasteiger partial charge is 0.327 e. The molecule has 18 heavy (non-hydrogen) atoms. The van der Waals surface area contributed by atoms with E-state index in [4.69, 9.17) is 9.15 Å². The van der Waals surface area contributed by atoms with E-state index in [0.717, 1.165) is 17.1 Å². The average Bonchev–Trinajstić information content (AvgIpc) is 3.01. The highest BCUT2D eigenvalue weighted by molar-refractivity contribution is 7.08. The zero-order valence-corrected chi connectivity index (χ0v) is 11.1. The van der Waals surface area contributed by atoms with E-state index in [-0.39, 0.29) is 5.97 Å².